The van der Waals surface area contributed by atoms with Crippen LogP contribution in [0.1, 0.15) is 6.42 Å². The molecule has 76 valence electrons. The van der Waals surface area contributed by atoms with Gasteiger partial charge < -0.3 is 16.6 Å². The summed E-state index contributed by atoms with van der Waals surface area (Å²) in [5.74, 6) is -1.05. The molecule has 0 bridgehead atoms. The molecule has 0 aromatic heterocycles. The lowest BCUT2D eigenvalue weighted by Gasteiger charge is -2.22. The Morgan fingerprint density at radius 2 is 2.08 bits per heavy atom. The van der Waals surface area contributed by atoms with E-state index in [1.54, 1.807) is 12.2 Å². The van der Waals surface area contributed by atoms with E-state index in [4.69, 9.17) is 16.6 Å². The summed E-state index contributed by atoms with van der Waals surface area (Å²) in [4.78, 5) is 10.6. The van der Waals surface area contributed by atoms with E-state index in [0.29, 0.717) is 5.70 Å². The lowest BCUT2D eigenvalue weighted by molar-refractivity contribution is -0.141. The molecule has 1 atom stereocenters. The molecule has 0 spiro atoms. The Morgan fingerprint density at radius 3 is 2.38 bits per heavy atom. The number of halogens is 2. The minimum absolute atomic E-state index is 0. The standard InChI is InChI=1S/C7H10N2O2.2ClH/c8-5-2-1-3-7(9,4-5)6(10)11;;/h1-3H,4,8-9H2,(H,10,11);2*1H. The fourth-order valence-corrected chi connectivity index (χ4v) is 0.946. The Kier molecular flexibility index (Phi) is 5.82. The van der Waals surface area contributed by atoms with E-state index < -0.39 is 11.5 Å². The predicted octanol–water partition coefficient (Wildman–Crippen LogP) is 0.415. The van der Waals surface area contributed by atoms with Crippen molar-refractivity contribution in [1.82, 2.24) is 0 Å². The lowest BCUT2D eigenvalue weighted by atomic mass is 9.91. The highest BCUT2D eigenvalue weighted by Gasteiger charge is 2.32. The van der Waals surface area contributed by atoms with Crippen LogP contribution in [0.5, 0.6) is 0 Å². The van der Waals surface area contributed by atoms with Crippen LogP contribution in [0, 0.1) is 0 Å². The van der Waals surface area contributed by atoms with Gasteiger partial charge in [-0.25, -0.2) is 4.79 Å². The SMILES string of the molecule is Cl.Cl.NC1=CC=CC(N)(C(=O)O)C1. The largest absolute Gasteiger partial charge is 0.480 e. The molecule has 1 aliphatic carbocycles. The molecule has 1 unspecified atom stereocenters. The first-order chi connectivity index (χ1) is 5.04. The highest BCUT2D eigenvalue weighted by atomic mass is 35.5. The zero-order valence-corrected chi connectivity index (χ0v) is 8.40. The van der Waals surface area contributed by atoms with E-state index in [0.717, 1.165) is 0 Å². The Morgan fingerprint density at radius 1 is 1.54 bits per heavy atom. The van der Waals surface area contributed by atoms with Gasteiger partial charge in [0.15, 0.2) is 0 Å². The van der Waals surface area contributed by atoms with Crippen molar-refractivity contribution < 1.29 is 9.90 Å². The van der Waals surface area contributed by atoms with Crippen LogP contribution in [0.3, 0.4) is 0 Å². The van der Waals surface area contributed by atoms with Crippen molar-refractivity contribution in [3.8, 4) is 0 Å². The molecule has 0 aromatic rings. The second kappa shape index (κ2) is 5.11. The molecular weight excluding hydrogens is 215 g/mol. The fourth-order valence-electron chi connectivity index (χ4n) is 0.946. The van der Waals surface area contributed by atoms with Crippen LogP contribution < -0.4 is 11.5 Å². The first kappa shape index (κ1) is 14.8. The average molecular weight is 227 g/mol. The Bertz CT molecular complexity index is 253. The summed E-state index contributed by atoms with van der Waals surface area (Å²) in [5.41, 5.74) is 10.1. The first-order valence-corrected chi connectivity index (χ1v) is 3.21. The Labute approximate surface area is 88.5 Å². The monoisotopic (exact) mass is 226 g/mol. The fraction of sp³-hybridized carbons (Fsp3) is 0.286. The molecule has 0 fully saturated rings. The van der Waals surface area contributed by atoms with Gasteiger partial charge in [0.1, 0.15) is 5.54 Å². The molecule has 0 radical (unpaired) electrons. The van der Waals surface area contributed by atoms with Crippen molar-refractivity contribution in [3.05, 3.63) is 23.9 Å². The van der Waals surface area contributed by atoms with Gasteiger partial charge in [0.05, 0.1) is 0 Å². The van der Waals surface area contributed by atoms with Crippen LogP contribution in [-0.2, 0) is 4.79 Å². The maximum absolute atomic E-state index is 10.6. The average Bonchev–Trinajstić information content (AvgIpc) is 1.86. The van der Waals surface area contributed by atoms with Crippen LogP contribution in [0.25, 0.3) is 0 Å². The number of allylic oxidation sites excluding steroid dienone is 2. The topological polar surface area (TPSA) is 89.3 Å². The van der Waals surface area contributed by atoms with Gasteiger partial charge in [-0.15, -0.1) is 24.8 Å². The minimum Gasteiger partial charge on any atom is -0.480 e. The van der Waals surface area contributed by atoms with Gasteiger partial charge in [0, 0.05) is 12.1 Å². The van der Waals surface area contributed by atoms with Crippen LogP contribution in [0.2, 0.25) is 0 Å². The number of rotatable bonds is 1. The molecule has 0 aliphatic heterocycles. The predicted molar refractivity (Wildman–Crippen MR) is 55.1 cm³/mol. The smallest absolute Gasteiger partial charge is 0.328 e. The van der Waals surface area contributed by atoms with Gasteiger partial charge in [-0.2, -0.15) is 0 Å². The third-order valence-corrected chi connectivity index (χ3v) is 1.60. The van der Waals surface area contributed by atoms with Crippen molar-refractivity contribution in [2.45, 2.75) is 12.0 Å². The molecular formula is C7H12Cl2N2O2. The molecule has 1 aliphatic rings. The molecule has 4 nitrogen and oxygen atoms in total. The number of aliphatic carboxylic acids is 1. The minimum atomic E-state index is -1.31. The zero-order chi connectivity index (χ0) is 8.48. The quantitative estimate of drug-likeness (QED) is 0.605. The van der Waals surface area contributed by atoms with E-state index in [1.807, 2.05) is 0 Å². The number of carboxylic acid groups (broad SMARTS) is 1. The highest BCUT2D eigenvalue weighted by molar-refractivity contribution is 5.85. The van der Waals surface area contributed by atoms with E-state index >= 15 is 0 Å². The van der Waals surface area contributed by atoms with Crippen LogP contribution in [0.4, 0.5) is 0 Å². The number of hydrogen-bond acceptors (Lipinski definition) is 3. The Hall–Kier alpha value is -0.710. The van der Waals surface area contributed by atoms with Crippen molar-refractivity contribution in [2.24, 2.45) is 11.5 Å². The van der Waals surface area contributed by atoms with E-state index in [2.05, 4.69) is 0 Å². The second-order valence-electron chi connectivity index (χ2n) is 2.62. The molecule has 1 rings (SSSR count). The number of hydrogen-bond donors (Lipinski definition) is 3. The van der Waals surface area contributed by atoms with Gasteiger partial charge >= 0.3 is 5.97 Å². The molecule has 13 heavy (non-hydrogen) atoms. The van der Waals surface area contributed by atoms with Crippen molar-refractivity contribution in [3.63, 3.8) is 0 Å². The van der Waals surface area contributed by atoms with Crippen LogP contribution in [-0.4, -0.2) is 16.6 Å². The van der Waals surface area contributed by atoms with Crippen molar-refractivity contribution >= 4 is 30.8 Å². The number of carboxylic acids is 1. The molecule has 0 heterocycles. The van der Waals surface area contributed by atoms with E-state index in [1.165, 1.54) is 6.08 Å². The maximum Gasteiger partial charge on any atom is 0.328 e. The normalized spacial score (nSPS) is 25.2. The lowest BCUT2D eigenvalue weighted by Crippen LogP contribution is -2.47. The number of carbonyl (C=O) groups is 1. The summed E-state index contributed by atoms with van der Waals surface area (Å²) in [5, 5.41) is 8.66. The summed E-state index contributed by atoms with van der Waals surface area (Å²) >= 11 is 0. The maximum atomic E-state index is 10.6. The van der Waals surface area contributed by atoms with Crippen molar-refractivity contribution in [1.29, 1.82) is 0 Å². The van der Waals surface area contributed by atoms with Crippen LogP contribution in [0.15, 0.2) is 23.9 Å². The highest BCUT2D eigenvalue weighted by Crippen LogP contribution is 2.17. The summed E-state index contributed by atoms with van der Waals surface area (Å²) < 4.78 is 0. The molecule has 5 N–H and O–H groups in total. The van der Waals surface area contributed by atoms with Crippen LogP contribution >= 0.6 is 24.8 Å². The van der Waals surface area contributed by atoms with E-state index in [9.17, 15) is 4.79 Å². The summed E-state index contributed by atoms with van der Waals surface area (Å²) in [6, 6.07) is 0. The van der Waals surface area contributed by atoms with Gasteiger partial charge in [0.25, 0.3) is 0 Å². The zero-order valence-electron chi connectivity index (χ0n) is 6.77. The van der Waals surface area contributed by atoms with Gasteiger partial charge in [-0.3, -0.25) is 0 Å². The Balaban J connectivity index is 0. The van der Waals surface area contributed by atoms with Crippen molar-refractivity contribution in [2.75, 3.05) is 0 Å². The molecule has 0 saturated heterocycles. The summed E-state index contributed by atoms with van der Waals surface area (Å²) in [6.07, 6.45) is 4.82. The second-order valence-corrected chi connectivity index (χ2v) is 2.62. The first-order valence-electron chi connectivity index (χ1n) is 3.21. The van der Waals surface area contributed by atoms with Gasteiger partial charge in [-0.05, 0) is 6.08 Å². The molecule has 0 aromatic carbocycles. The van der Waals surface area contributed by atoms with Gasteiger partial charge in [0.2, 0.25) is 0 Å². The number of nitrogens with two attached hydrogens (primary N) is 2. The molecule has 0 saturated carbocycles. The third-order valence-electron chi connectivity index (χ3n) is 1.60. The molecule has 6 heteroatoms. The van der Waals surface area contributed by atoms with Gasteiger partial charge in [-0.1, -0.05) is 12.2 Å². The van der Waals surface area contributed by atoms with E-state index in [-0.39, 0.29) is 31.2 Å². The summed E-state index contributed by atoms with van der Waals surface area (Å²) in [6.45, 7) is 0. The molecule has 0 amide bonds. The summed E-state index contributed by atoms with van der Waals surface area (Å²) in [7, 11) is 0. The third kappa shape index (κ3) is 3.26.